The van der Waals surface area contributed by atoms with Crippen molar-refractivity contribution in [2.45, 2.75) is 71.7 Å². The third-order valence-electron chi connectivity index (χ3n) is 3.32. The van der Waals surface area contributed by atoms with Crippen LogP contribution in [0.1, 0.15) is 47.5 Å². The highest BCUT2D eigenvalue weighted by molar-refractivity contribution is 5.74. The van der Waals surface area contributed by atoms with Gasteiger partial charge in [0, 0.05) is 24.9 Å². The maximum absolute atomic E-state index is 12.7. The molecule has 18 heavy (non-hydrogen) atoms. The summed E-state index contributed by atoms with van der Waals surface area (Å²) in [6, 6.07) is 0.464. The van der Waals surface area contributed by atoms with E-state index in [0.717, 1.165) is 0 Å². The number of esters is 1. The van der Waals surface area contributed by atoms with Crippen molar-refractivity contribution >= 4 is 5.97 Å². The zero-order valence-electron chi connectivity index (χ0n) is 11.7. The maximum atomic E-state index is 12.7. The van der Waals surface area contributed by atoms with E-state index in [0.29, 0.717) is 0 Å². The first kappa shape index (κ1) is 15.3. The minimum Gasteiger partial charge on any atom is -0.446 e. The van der Waals surface area contributed by atoms with Crippen LogP contribution in [0.4, 0.5) is 8.78 Å². The summed E-state index contributed by atoms with van der Waals surface area (Å²) in [6.07, 6.45) is -1.13. The topological polar surface area (TPSA) is 29.5 Å². The molecule has 0 heterocycles. The molecule has 0 saturated heterocycles. The van der Waals surface area contributed by atoms with Gasteiger partial charge >= 0.3 is 5.97 Å². The van der Waals surface area contributed by atoms with Crippen molar-refractivity contribution in [3.8, 4) is 0 Å². The van der Waals surface area contributed by atoms with Crippen LogP contribution in [0, 0.1) is 5.92 Å². The molecular formula is C13H23F2NO2. The summed E-state index contributed by atoms with van der Waals surface area (Å²) in [6.45, 7) is 9.85. The normalized spacial score (nSPS) is 21.2. The number of hydrogen-bond acceptors (Lipinski definition) is 3. The Labute approximate surface area is 107 Å². The monoisotopic (exact) mass is 263 g/mol. The minimum atomic E-state index is -2.68. The molecule has 1 saturated carbocycles. The number of halogens is 2. The molecule has 0 aromatic rings. The molecule has 0 aromatic carbocycles. The number of hydrogen-bond donors (Lipinski definition) is 0. The molecule has 1 atom stereocenters. The SMILES string of the molecule is CC(C)N(C(C)C)C(C)OC(=O)C1CC(F)(F)C1. The van der Waals surface area contributed by atoms with Crippen LogP contribution in [-0.2, 0) is 9.53 Å². The van der Waals surface area contributed by atoms with Gasteiger partial charge < -0.3 is 4.74 Å². The fourth-order valence-electron chi connectivity index (χ4n) is 2.59. The molecule has 1 aliphatic rings. The van der Waals surface area contributed by atoms with E-state index in [1.54, 1.807) is 6.92 Å². The molecule has 1 aliphatic carbocycles. The highest BCUT2D eigenvalue weighted by atomic mass is 19.3. The highest BCUT2D eigenvalue weighted by Crippen LogP contribution is 2.43. The molecule has 0 spiro atoms. The fraction of sp³-hybridized carbons (Fsp3) is 0.923. The van der Waals surface area contributed by atoms with E-state index in [1.165, 1.54) is 0 Å². The third-order valence-corrected chi connectivity index (χ3v) is 3.32. The van der Waals surface area contributed by atoms with E-state index >= 15 is 0 Å². The van der Waals surface area contributed by atoms with E-state index in [4.69, 9.17) is 4.74 Å². The van der Waals surface area contributed by atoms with Crippen LogP contribution in [0.3, 0.4) is 0 Å². The highest BCUT2D eigenvalue weighted by Gasteiger charge is 2.50. The van der Waals surface area contributed by atoms with Gasteiger partial charge in [-0.05, 0) is 34.6 Å². The standard InChI is InChI=1S/C13H23F2NO2/c1-8(2)16(9(3)4)10(5)18-12(17)11-6-13(14,15)7-11/h8-11H,6-7H2,1-5H3. The van der Waals surface area contributed by atoms with Gasteiger partial charge in [0.2, 0.25) is 5.92 Å². The Hall–Kier alpha value is -0.710. The first-order chi connectivity index (χ1) is 8.14. The number of carbonyl (C=O) groups is 1. The van der Waals surface area contributed by atoms with Crippen LogP contribution < -0.4 is 0 Å². The second-order valence-corrected chi connectivity index (χ2v) is 5.63. The molecule has 0 radical (unpaired) electrons. The molecule has 106 valence electrons. The zero-order valence-corrected chi connectivity index (χ0v) is 11.7. The predicted molar refractivity (Wildman–Crippen MR) is 65.3 cm³/mol. The number of alkyl halides is 2. The van der Waals surface area contributed by atoms with Crippen molar-refractivity contribution in [1.29, 1.82) is 0 Å². The predicted octanol–water partition coefficient (Wildman–Crippen LogP) is 3.04. The Morgan fingerprint density at radius 2 is 1.61 bits per heavy atom. The Bertz CT molecular complexity index is 289. The molecule has 0 N–H and O–H groups in total. The van der Waals surface area contributed by atoms with Gasteiger partial charge in [-0.2, -0.15) is 0 Å². The number of nitrogens with zero attached hydrogens (tertiary/aromatic N) is 1. The quantitative estimate of drug-likeness (QED) is 0.564. The average molecular weight is 263 g/mol. The van der Waals surface area contributed by atoms with Gasteiger partial charge in [0.05, 0.1) is 5.92 Å². The van der Waals surface area contributed by atoms with Gasteiger partial charge in [0.15, 0.2) is 6.23 Å². The summed E-state index contributed by atoms with van der Waals surface area (Å²) >= 11 is 0. The van der Waals surface area contributed by atoms with Crippen LogP contribution in [0.25, 0.3) is 0 Å². The van der Waals surface area contributed by atoms with Gasteiger partial charge in [-0.1, -0.05) is 0 Å². The van der Waals surface area contributed by atoms with Crippen LogP contribution in [0.15, 0.2) is 0 Å². The van der Waals surface area contributed by atoms with Crippen molar-refractivity contribution in [3.05, 3.63) is 0 Å². The molecule has 0 bridgehead atoms. The molecule has 0 aliphatic heterocycles. The van der Waals surface area contributed by atoms with Gasteiger partial charge in [0.1, 0.15) is 0 Å². The molecule has 1 fully saturated rings. The second kappa shape index (κ2) is 5.51. The molecule has 5 heteroatoms. The largest absolute Gasteiger partial charge is 0.446 e. The minimum absolute atomic E-state index is 0.232. The number of ether oxygens (including phenoxy) is 1. The Morgan fingerprint density at radius 1 is 1.17 bits per heavy atom. The summed E-state index contributed by atoms with van der Waals surface area (Å²) in [5, 5.41) is 0. The lowest BCUT2D eigenvalue weighted by Gasteiger charge is -2.38. The summed E-state index contributed by atoms with van der Waals surface area (Å²) in [5.74, 6) is -3.81. The lowest BCUT2D eigenvalue weighted by Crippen LogP contribution is -2.48. The zero-order chi connectivity index (χ0) is 14.1. The third kappa shape index (κ3) is 3.64. The van der Waals surface area contributed by atoms with Gasteiger partial charge in [-0.25, -0.2) is 8.78 Å². The van der Waals surface area contributed by atoms with Crippen LogP contribution in [-0.4, -0.2) is 35.1 Å². The lowest BCUT2D eigenvalue weighted by molar-refractivity contribution is -0.186. The van der Waals surface area contributed by atoms with Gasteiger partial charge in [-0.15, -0.1) is 0 Å². The van der Waals surface area contributed by atoms with E-state index in [-0.39, 0.29) is 31.2 Å². The van der Waals surface area contributed by atoms with Crippen LogP contribution >= 0.6 is 0 Å². The van der Waals surface area contributed by atoms with E-state index in [1.807, 2.05) is 32.6 Å². The molecule has 0 amide bonds. The molecule has 1 unspecified atom stereocenters. The van der Waals surface area contributed by atoms with Crippen LogP contribution in [0.5, 0.6) is 0 Å². The van der Waals surface area contributed by atoms with Crippen molar-refractivity contribution < 1.29 is 18.3 Å². The van der Waals surface area contributed by atoms with Gasteiger partial charge in [0.25, 0.3) is 0 Å². The number of carbonyl (C=O) groups excluding carboxylic acids is 1. The van der Waals surface area contributed by atoms with E-state index < -0.39 is 17.8 Å². The van der Waals surface area contributed by atoms with Crippen molar-refractivity contribution in [1.82, 2.24) is 4.90 Å². The van der Waals surface area contributed by atoms with Crippen molar-refractivity contribution in [2.24, 2.45) is 5.92 Å². The Kier molecular flexibility index (Phi) is 4.70. The molecule has 3 nitrogen and oxygen atoms in total. The number of rotatable bonds is 5. The Morgan fingerprint density at radius 3 is 1.94 bits per heavy atom. The smallest absolute Gasteiger partial charge is 0.310 e. The first-order valence-electron chi connectivity index (χ1n) is 6.50. The van der Waals surface area contributed by atoms with E-state index in [9.17, 15) is 13.6 Å². The second-order valence-electron chi connectivity index (χ2n) is 5.63. The first-order valence-corrected chi connectivity index (χ1v) is 6.50. The molecule has 0 aromatic heterocycles. The van der Waals surface area contributed by atoms with Crippen molar-refractivity contribution in [2.75, 3.05) is 0 Å². The summed E-state index contributed by atoms with van der Waals surface area (Å²) < 4.78 is 30.7. The average Bonchev–Trinajstić information content (AvgIpc) is 2.11. The summed E-state index contributed by atoms with van der Waals surface area (Å²) in [7, 11) is 0. The summed E-state index contributed by atoms with van der Waals surface area (Å²) in [5.41, 5.74) is 0. The Balaban J connectivity index is 2.49. The molecular weight excluding hydrogens is 240 g/mol. The maximum Gasteiger partial charge on any atom is 0.310 e. The fourth-order valence-corrected chi connectivity index (χ4v) is 2.59. The van der Waals surface area contributed by atoms with Crippen LogP contribution in [0.2, 0.25) is 0 Å². The molecule has 1 rings (SSSR count). The summed E-state index contributed by atoms with van der Waals surface area (Å²) in [4.78, 5) is 13.7. The van der Waals surface area contributed by atoms with Gasteiger partial charge in [-0.3, -0.25) is 9.69 Å². The van der Waals surface area contributed by atoms with E-state index in [2.05, 4.69) is 0 Å². The lowest BCUT2D eigenvalue weighted by atomic mass is 9.81. The van der Waals surface area contributed by atoms with Crippen molar-refractivity contribution in [3.63, 3.8) is 0 Å².